The number of anilines is 1. The maximum absolute atomic E-state index is 12.8. The normalized spacial score (nSPS) is 11.8. The molecule has 6 heteroatoms. The third-order valence-electron chi connectivity index (χ3n) is 4.66. The van der Waals surface area contributed by atoms with E-state index in [-0.39, 0.29) is 17.9 Å². The van der Waals surface area contributed by atoms with Crippen molar-refractivity contribution in [3.8, 4) is 0 Å². The molecule has 0 bridgehead atoms. The highest BCUT2D eigenvalue weighted by atomic mass is 32.1. The minimum Gasteiger partial charge on any atom is -0.345 e. The van der Waals surface area contributed by atoms with Gasteiger partial charge in [-0.3, -0.25) is 9.59 Å². The van der Waals surface area contributed by atoms with E-state index < -0.39 is 0 Å². The Morgan fingerprint density at radius 1 is 0.931 bits per heavy atom. The molecule has 0 radical (unpaired) electrons. The van der Waals surface area contributed by atoms with Gasteiger partial charge in [-0.1, -0.05) is 42.5 Å². The van der Waals surface area contributed by atoms with E-state index in [1.165, 1.54) is 11.3 Å². The molecule has 2 amide bonds. The first-order chi connectivity index (χ1) is 14.1. The molecule has 1 atom stereocenters. The summed E-state index contributed by atoms with van der Waals surface area (Å²) >= 11 is 1.48. The van der Waals surface area contributed by atoms with Crippen LogP contribution in [0.5, 0.6) is 0 Å². The second kappa shape index (κ2) is 8.24. The van der Waals surface area contributed by atoms with Gasteiger partial charge in [0, 0.05) is 5.56 Å². The van der Waals surface area contributed by atoms with Crippen molar-refractivity contribution in [2.45, 2.75) is 13.0 Å². The van der Waals surface area contributed by atoms with Crippen molar-refractivity contribution in [2.24, 2.45) is 0 Å². The van der Waals surface area contributed by atoms with Gasteiger partial charge in [0.1, 0.15) is 0 Å². The summed E-state index contributed by atoms with van der Waals surface area (Å²) in [5.41, 5.74) is 5.04. The summed E-state index contributed by atoms with van der Waals surface area (Å²) in [6, 6.07) is 22.0. The molecule has 1 heterocycles. The number of carbonyl (C=O) groups excluding carboxylic acids is 2. The fourth-order valence-corrected chi connectivity index (χ4v) is 3.80. The molecule has 5 nitrogen and oxygen atoms in total. The number of aromatic nitrogens is 1. The number of hydrogen-bond donors (Lipinski definition) is 2. The maximum Gasteiger partial charge on any atom is 0.255 e. The zero-order valence-corrected chi connectivity index (χ0v) is 16.6. The first-order valence-corrected chi connectivity index (χ1v) is 10.1. The molecule has 0 fully saturated rings. The van der Waals surface area contributed by atoms with E-state index in [2.05, 4.69) is 15.6 Å². The molecule has 0 aliphatic heterocycles. The van der Waals surface area contributed by atoms with Crippen LogP contribution in [0.3, 0.4) is 0 Å². The number of nitrogens with zero attached hydrogens (tertiary/aromatic N) is 1. The minimum atomic E-state index is -0.267. The van der Waals surface area contributed by atoms with Gasteiger partial charge in [-0.25, -0.2) is 4.98 Å². The molecule has 0 unspecified atom stereocenters. The molecular formula is C23H19N3O2S. The van der Waals surface area contributed by atoms with Crippen molar-refractivity contribution in [3.63, 3.8) is 0 Å². The van der Waals surface area contributed by atoms with Crippen LogP contribution in [0.15, 0.2) is 78.3 Å². The molecular weight excluding hydrogens is 382 g/mol. The number of thiazole rings is 1. The van der Waals surface area contributed by atoms with E-state index in [1.54, 1.807) is 35.8 Å². The second-order valence-corrected chi connectivity index (χ2v) is 7.53. The van der Waals surface area contributed by atoms with Crippen LogP contribution in [0.25, 0.3) is 10.2 Å². The Kier molecular flexibility index (Phi) is 5.35. The van der Waals surface area contributed by atoms with Crippen molar-refractivity contribution < 1.29 is 9.59 Å². The van der Waals surface area contributed by atoms with Crippen molar-refractivity contribution in [1.29, 1.82) is 0 Å². The summed E-state index contributed by atoms with van der Waals surface area (Å²) in [5, 5.41) is 5.85. The van der Waals surface area contributed by atoms with E-state index in [9.17, 15) is 9.59 Å². The van der Waals surface area contributed by atoms with Crippen LogP contribution in [0.1, 0.15) is 39.2 Å². The molecule has 0 saturated heterocycles. The topological polar surface area (TPSA) is 71.1 Å². The molecule has 0 saturated carbocycles. The number of benzene rings is 3. The lowest BCUT2D eigenvalue weighted by Gasteiger charge is -2.16. The van der Waals surface area contributed by atoms with Gasteiger partial charge >= 0.3 is 0 Å². The van der Waals surface area contributed by atoms with Crippen LogP contribution in [0, 0.1) is 0 Å². The smallest absolute Gasteiger partial charge is 0.255 e. The summed E-state index contributed by atoms with van der Waals surface area (Å²) in [6.07, 6.45) is 0. The molecule has 0 spiro atoms. The largest absolute Gasteiger partial charge is 0.345 e. The minimum absolute atomic E-state index is 0.152. The van der Waals surface area contributed by atoms with Gasteiger partial charge < -0.3 is 10.6 Å². The number of carbonyl (C=O) groups is 2. The van der Waals surface area contributed by atoms with Crippen LogP contribution in [-0.4, -0.2) is 16.8 Å². The summed E-state index contributed by atoms with van der Waals surface area (Å²) in [5.74, 6) is -0.508. The Balaban J connectivity index is 1.53. The third kappa shape index (κ3) is 4.17. The Morgan fingerprint density at radius 2 is 1.69 bits per heavy atom. The zero-order valence-electron chi connectivity index (χ0n) is 15.8. The van der Waals surface area contributed by atoms with Gasteiger partial charge in [-0.2, -0.15) is 0 Å². The number of amides is 2. The number of fused-ring (bicyclic) bond motifs is 1. The van der Waals surface area contributed by atoms with Gasteiger partial charge in [-0.05, 0) is 42.8 Å². The molecule has 1 aromatic heterocycles. The number of para-hydroxylation sites is 1. The van der Waals surface area contributed by atoms with Crippen molar-refractivity contribution in [1.82, 2.24) is 10.3 Å². The molecule has 4 rings (SSSR count). The quantitative estimate of drug-likeness (QED) is 0.492. The molecule has 29 heavy (non-hydrogen) atoms. The Labute approximate surface area is 172 Å². The van der Waals surface area contributed by atoms with Crippen molar-refractivity contribution >= 4 is 39.1 Å². The van der Waals surface area contributed by atoms with Crippen molar-refractivity contribution in [3.05, 3.63) is 95.0 Å². The lowest BCUT2D eigenvalue weighted by atomic mass is 10.1. The molecule has 2 N–H and O–H groups in total. The van der Waals surface area contributed by atoms with E-state index in [4.69, 9.17) is 0 Å². The highest BCUT2D eigenvalue weighted by Gasteiger charge is 2.17. The summed E-state index contributed by atoms with van der Waals surface area (Å²) < 4.78 is 0.945. The molecule has 144 valence electrons. The van der Waals surface area contributed by atoms with Gasteiger partial charge in [0.05, 0.1) is 33.0 Å². The van der Waals surface area contributed by atoms with Crippen LogP contribution in [0.2, 0.25) is 0 Å². The fraction of sp³-hybridized carbons (Fsp3) is 0.0870. The Hall–Kier alpha value is -3.51. The van der Waals surface area contributed by atoms with Crippen LogP contribution >= 0.6 is 11.3 Å². The van der Waals surface area contributed by atoms with Crippen LogP contribution in [-0.2, 0) is 0 Å². The predicted octanol–water partition coefficient (Wildman–Crippen LogP) is 5.04. The van der Waals surface area contributed by atoms with E-state index in [0.29, 0.717) is 16.8 Å². The first-order valence-electron chi connectivity index (χ1n) is 9.21. The van der Waals surface area contributed by atoms with Crippen molar-refractivity contribution in [2.75, 3.05) is 5.32 Å². The first kappa shape index (κ1) is 18.8. The number of hydrogen-bond acceptors (Lipinski definition) is 4. The van der Waals surface area contributed by atoms with E-state index >= 15 is 0 Å². The maximum atomic E-state index is 12.8. The summed E-state index contributed by atoms with van der Waals surface area (Å²) in [4.78, 5) is 29.8. The Morgan fingerprint density at radius 3 is 2.52 bits per heavy atom. The summed E-state index contributed by atoms with van der Waals surface area (Å²) in [6.45, 7) is 1.93. The van der Waals surface area contributed by atoms with Gasteiger partial charge in [0.2, 0.25) is 0 Å². The lowest BCUT2D eigenvalue weighted by Crippen LogP contribution is -2.28. The highest BCUT2D eigenvalue weighted by Crippen LogP contribution is 2.22. The predicted molar refractivity (Wildman–Crippen MR) is 116 cm³/mol. The monoisotopic (exact) mass is 401 g/mol. The zero-order chi connectivity index (χ0) is 20.2. The van der Waals surface area contributed by atoms with Crippen LogP contribution < -0.4 is 10.6 Å². The molecule has 0 aliphatic rings. The number of nitrogens with one attached hydrogen (secondary N) is 2. The standard InChI is InChI=1S/C23H19N3O2S/c1-15(16-7-3-2-4-8-16)25-23(28)18-9-5-6-10-19(18)26-22(27)17-11-12-20-21(13-17)29-14-24-20/h2-15H,1H3,(H,25,28)(H,26,27)/t15-/m0/s1. The fourth-order valence-electron chi connectivity index (χ4n) is 3.08. The molecule has 0 aliphatic carbocycles. The lowest BCUT2D eigenvalue weighted by molar-refractivity contribution is 0.0941. The average molecular weight is 401 g/mol. The highest BCUT2D eigenvalue weighted by molar-refractivity contribution is 7.16. The second-order valence-electron chi connectivity index (χ2n) is 6.64. The third-order valence-corrected chi connectivity index (χ3v) is 5.45. The summed E-state index contributed by atoms with van der Waals surface area (Å²) in [7, 11) is 0. The van der Waals surface area contributed by atoms with E-state index in [0.717, 1.165) is 15.8 Å². The SMILES string of the molecule is C[C@H](NC(=O)c1ccccc1NC(=O)c1ccc2ncsc2c1)c1ccccc1. The van der Waals surface area contributed by atoms with Gasteiger partial charge in [-0.15, -0.1) is 11.3 Å². The number of rotatable bonds is 5. The average Bonchev–Trinajstić information content (AvgIpc) is 3.22. The molecule has 3 aromatic carbocycles. The van der Waals surface area contributed by atoms with Gasteiger partial charge in [0.15, 0.2) is 0 Å². The van der Waals surface area contributed by atoms with Crippen LogP contribution in [0.4, 0.5) is 5.69 Å². The molecule has 4 aromatic rings. The van der Waals surface area contributed by atoms with Gasteiger partial charge in [0.25, 0.3) is 11.8 Å². The van der Waals surface area contributed by atoms with E-state index in [1.807, 2.05) is 49.4 Å². The Bertz CT molecular complexity index is 1170.